The van der Waals surface area contributed by atoms with Crippen LogP contribution in [-0.2, 0) is 6.42 Å². The average molecular weight is 270 g/mol. The summed E-state index contributed by atoms with van der Waals surface area (Å²) < 4.78 is 0. The van der Waals surface area contributed by atoms with Crippen LogP contribution in [0.4, 0.5) is 0 Å². The molecule has 1 aromatic carbocycles. The zero-order valence-electron chi connectivity index (χ0n) is 12.5. The molecule has 1 fully saturated rings. The molecule has 0 amide bonds. The first-order chi connectivity index (χ1) is 9.88. The number of H-pyrrole nitrogens is 1. The highest BCUT2D eigenvalue weighted by atomic mass is 14.9. The van der Waals surface area contributed by atoms with E-state index in [4.69, 9.17) is 0 Å². The van der Waals surface area contributed by atoms with Crippen molar-refractivity contribution < 1.29 is 0 Å². The van der Waals surface area contributed by atoms with E-state index in [9.17, 15) is 0 Å². The monoisotopic (exact) mass is 270 g/mol. The van der Waals surface area contributed by atoms with Gasteiger partial charge in [0.15, 0.2) is 0 Å². The molecule has 2 nitrogen and oxygen atoms in total. The largest absolute Gasteiger partial charge is 0.361 e. The van der Waals surface area contributed by atoms with Gasteiger partial charge >= 0.3 is 0 Å². The summed E-state index contributed by atoms with van der Waals surface area (Å²) in [5, 5.41) is 5.19. The zero-order valence-corrected chi connectivity index (χ0v) is 12.5. The number of benzene rings is 1. The Morgan fingerprint density at radius 3 is 2.95 bits per heavy atom. The molecule has 0 spiro atoms. The van der Waals surface area contributed by atoms with Crippen LogP contribution >= 0.6 is 0 Å². The lowest BCUT2D eigenvalue weighted by molar-refractivity contribution is 0.257. The average Bonchev–Trinajstić information content (AvgIpc) is 2.91. The minimum absolute atomic E-state index is 0.749. The van der Waals surface area contributed by atoms with Crippen LogP contribution in [0.2, 0.25) is 0 Å². The van der Waals surface area contributed by atoms with E-state index in [2.05, 4.69) is 47.7 Å². The summed E-state index contributed by atoms with van der Waals surface area (Å²) in [7, 11) is 0. The van der Waals surface area contributed by atoms with Crippen molar-refractivity contribution in [3.63, 3.8) is 0 Å². The summed E-state index contributed by atoms with van der Waals surface area (Å²) in [4.78, 5) is 3.37. The molecule has 3 rings (SSSR count). The van der Waals surface area contributed by atoms with E-state index in [1.807, 2.05) is 0 Å². The highest BCUT2D eigenvalue weighted by Gasteiger charge is 2.22. The Kier molecular flexibility index (Phi) is 4.41. The Morgan fingerprint density at radius 2 is 2.05 bits per heavy atom. The van der Waals surface area contributed by atoms with Crippen molar-refractivity contribution in [2.24, 2.45) is 5.92 Å². The van der Waals surface area contributed by atoms with E-state index in [0.717, 1.165) is 24.9 Å². The Bertz CT molecular complexity index is 543. The van der Waals surface area contributed by atoms with Crippen molar-refractivity contribution in [2.75, 3.05) is 6.54 Å². The molecule has 0 aliphatic heterocycles. The van der Waals surface area contributed by atoms with Gasteiger partial charge in [0.1, 0.15) is 0 Å². The van der Waals surface area contributed by atoms with Crippen molar-refractivity contribution in [1.82, 2.24) is 10.3 Å². The van der Waals surface area contributed by atoms with Crippen LogP contribution < -0.4 is 5.32 Å². The van der Waals surface area contributed by atoms with Gasteiger partial charge in [-0.1, -0.05) is 44.4 Å². The van der Waals surface area contributed by atoms with E-state index in [1.54, 1.807) is 0 Å². The second-order valence-corrected chi connectivity index (χ2v) is 6.12. The summed E-state index contributed by atoms with van der Waals surface area (Å²) in [5.41, 5.74) is 2.70. The molecule has 1 aromatic heterocycles. The van der Waals surface area contributed by atoms with Gasteiger partial charge in [0.25, 0.3) is 0 Å². The zero-order chi connectivity index (χ0) is 13.8. The van der Waals surface area contributed by atoms with Crippen LogP contribution in [0.1, 0.15) is 44.6 Å². The summed E-state index contributed by atoms with van der Waals surface area (Å²) >= 11 is 0. The SMILES string of the molecule is CCC1CCCCC1NCCc1c[nH]c2ccccc12. The van der Waals surface area contributed by atoms with Crippen molar-refractivity contribution in [3.8, 4) is 0 Å². The third-order valence-corrected chi connectivity index (χ3v) is 4.91. The normalized spacial score (nSPS) is 23.2. The second kappa shape index (κ2) is 6.45. The molecule has 2 aromatic rings. The highest BCUT2D eigenvalue weighted by molar-refractivity contribution is 5.83. The molecule has 1 aliphatic carbocycles. The van der Waals surface area contributed by atoms with Crippen LogP contribution in [0, 0.1) is 5.92 Å². The van der Waals surface area contributed by atoms with Crippen LogP contribution in [-0.4, -0.2) is 17.6 Å². The maximum Gasteiger partial charge on any atom is 0.0456 e. The van der Waals surface area contributed by atoms with Gasteiger partial charge in [0.2, 0.25) is 0 Å². The van der Waals surface area contributed by atoms with Gasteiger partial charge in [-0.25, -0.2) is 0 Å². The molecule has 20 heavy (non-hydrogen) atoms. The summed E-state index contributed by atoms with van der Waals surface area (Å²) in [6.07, 6.45) is 10.2. The predicted molar refractivity (Wildman–Crippen MR) is 86.0 cm³/mol. The molecule has 1 heterocycles. The third kappa shape index (κ3) is 2.90. The first-order valence-corrected chi connectivity index (χ1v) is 8.17. The quantitative estimate of drug-likeness (QED) is 0.834. The molecule has 1 saturated carbocycles. The van der Waals surface area contributed by atoms with Crippen LogP contribution in [0.25, 0.3) is 10.9 Å². The van der Waals surface area contributed by atoms with Gasteiger partial charge in [0.05, 0.1) is 0 Å². The van der Waals surface area contributed by atoms with Crippen molar-refractivity contribution in [1.29, 1.82) is 0 Å². The lowest BCUT2D eigenvalue weighted by Gasteiger charge is -2.31. The van der Waals surface area contributed by atoms with Crippen LogP contribution in [0.15, 0.2) is 30.5 Å². The minimum atomic E-state index is 0.749. The third-order valence-electron chi connectivity index (χ3n) is 4.91. The second-order valence-electron chi connectivity index (χ2n) is 6.12. The van der Waals surface area contributed by atoms with Gasteiger partial charge in [-0.05, 0) is 43.4 Å². The van der Waals surface area contributed by atoms with Crippen molar-refractivity contribution in [2.45, 2.75) is 51.5 Å². The van der Waals surface area contributed by atoms with E-state index in [-0.39, 0.29) is 0 Å². The number of hydrogen-bond acceptors (Lipinski definition) is 1. The van der Waals surface area contributed by atoms with Crippen molar-refractivity contribution >= 4 is 10.9 Å². The molecular formula is C18H26N2. The van der Waals surface area contributed by atoms with Gasteiger partial charge < -0.3 is 10.3 Å². The molecule has 0 saturated heterocycles. The Labute approximate surface area is 122 Å². The maximum atomic E-state index is 3.81. The number of aromatic amines is 1. The van der Waals surface area contributed by atoms with Gasteiger partial charge in [-0.2, -0.15) is 0 Å². The number of fused-ring (bicyclic) bond motifs is 1. The first kappa shape index (κ1) is 13.7. The molecule has 1 aliphatic rings. The maximum absolute atomic E-state index is 3.81. The molecule has 0 radical (unpaired) electrons. The minimum Gasteiger partial charge on any atom is -0.361 e. The number of rotatable bonds is 5. The Morgan fingerprint density at radius 1 is 1.20 bits per heavy atom. The number of nitrogens with one attached hydrogen (secondary N) is 2. The van der Waals surface area contributed by atoms with Crippen molar-refractivity contribution in [3.05, 3.63) is 36.0 Å². The molecule has 2 atom stereocenters. The smallest absolute Gasteiger partial charge is 0.0456 e. The number of hydrogen-bond donors (Lipinski definition) is 2. The van der Waals surface area contributed by atoms with E-state index < -0.39 is 0 Å². The van der Waals surface area contributed by atoms with Crippen LogP contribution in [0.5, 0.6) is 0 Å². The fraction of sp³-hybridized carbons (Fsp3) is 0.556. The molecule has 2 N–H and O–H groups in total. The number of aromatic nitrogens is 1. The molecular weight excluding hydrogens is 244 g/mol. The van der Waals surface area contributed by atoms with Gasteiger partial charge in [0, 0.05) is 23.1 Å². The molecule has 0 bridgehead atoms. The first-order valence-electron chi connectivity index (χ1n) is 8.17. The van der Waals surface area contributed by atoms with Crippen LogP contribution in [0.3, 0.4) is 0 Å². The Hall–Kier alpha value is -1.28. The van der Waals surface area contributed by atoms with Gasteiger partial charge in [-0.3, -0.25) is 0 Å². The highest BCUT2D eigenvalue weighted by Crippen LogP contribution is 2.26. The topological polar surface area (TPSA) is 27.8 Å². The van der Waals surface area contributed by atoms with E-state index in [0.29, 0.717) is 0 Å². The molecule has 2 unspecified atom stereocenters. The lowest BCUT2D eigenvalue weighted by atomic mass is 9.83. The fourth-order valence-electron chi connectivity index (χ4n) is 3.70. The summed E-state index contributed by atoms with van der Waals surface area (Å²) in [6.45, 7) is 3.44. The summed E-state index contributed by atoms with van der Waals surface area (Å²) in [6, 6.07) is 9.34. The summed E-state index contributed by atoms with van der Waals surface area (Å²) in [5.74, 6) is 0.895. The van der Waals surface area contributed by atoms with Gasteiger partial charge in [-0.15, -0.1) is 0 Å². The van der Waals surface area contributed by atoms with E-state index in [1.165, 1.54) is 48.6 Å². The predicted octanol–water partition coefficient (Wildman–Crippen LogP) is 4.27. The van der Waals surface area contributed by atoms with E-state index >= 15 is 0 Å². The molecule has 108 valence electrons. The lowest BCUT2D eigenvalue weighted by Crippen LogP contribution is -2.39. The fourth-order valence-corrected chi connectivity index (χ4v) is 3.70. The Balaban J connectivity index is 1.57. The number of para-hydroxylation sites is 1. The molecule has 2 heteroatoms. The standard InChI is InChI=1S/C18H26N2/c1-2-14-7-3-5-9-17(14)19-12-11-15-13-20-18-10-6-4-8-16(15)18/h4,6,8,10,13-14,17,19-20H,2-3,5,7,9,11-12H2,1H3.